The van der Waals surface area contributed by atoms with E-state index in [1.807, 2.05) is 13.0 Å². The van der Waals surface area contributed by atoms with Crippen LogP contribution < -0.4 is 5.32 Å². The number of phenolic OH excluding ortho intramolecular Hbond substituents is 1. The molecular weight excluding hydrogens is 182 g/mol. The van der Waals surface area contributed by atoms with E-state index in [2.05, 4.69) is 5.32 Å². The summed E-state index contributed by atoms with van der Waals surface area (Å²) in [6.45, 7) is 2.57. The molecule has 0 fully saturated rings. The van der Waals surface area contributed by atoms with Crippen molar-refractivity contribution in [2.45, 2.75) is 19.8 Å². The Bertz CT molecular complexity index is 299. The van der Waals surface area contributed by atoms with Gasteiger partial charge in [-0.15, -0.1) is 0 Å². The molecule has 14 heavy (non-hydrogen) atoms. The molecule has 0 heterocycles. The summed E-state index contributed by atoms with van der Waals surface area (Å²) in [4.78, 5) is 0. The minimum absolute atomic E-state index is 0.120. The quantitative estimate of drug-likeness (QED) is 0.517. The number of aryl methyl sites for hydroxylation is 1. The van der Waals surface area contributed by atoms with Crippen LogP contribution in [0.1, 0.15) is 11.1 Å². The molecule has 4 N–H and O–H groups in total. The second kappa shape index (κ2) is 4.95. The molecule has 0 radical (unpaired) electrons. The van der Waals surface area contributed by atoms with Crippen molar-refractivity contribution in [3.63, 3.8) is 0 Å². The van der Waals surface area contributed by atoms with Gasteiger partial charge in [0.2, 0.25) is 0 Å². The smallest absolute Gasteiger partial charge is 0.164 e. The molecule has 0 aliphatic heterocycles. The molecule has 0 saturated heterocycles. The van der Waals surface area contributed by atoms with E-state index in [1.54, 1.807) is 12.1 Å². The van der Waals surface area contributed by atoms with E-state index in [1.165, 1.54) is 0 Å². The normalized spacial score (nSPS) is 10.9. The lowest BCUT2D eigenvalue weighted by molar-refractivity contribution is -0.0373. The highest BCUT2D eigenvalue weighted by Crippen LogP contribution is 2.15. The highest BCUT2D eigenvalue weighted by molar-refractivity contribution is 5.33. The van der Waals surface area contributed by atoms with Gasteiger partial charge in [0.25, 0.3) is 0 Å². The molecule has 4 heteroatoms. The van der Waals surface area contributed by atoms with Gasteiger partial charge in [-0.05, 0) is 30.2 Å². The first-order chi connectivity index (χ1) is 6.59. The Labute approximate surface area is 82.8 Å². The Morgan fingerprint density at radius 2 is 2.07 bits per heavy atom. The molecule has 0 aromatic heterocycles. The average Bonchev–Trinajstić information content (AvgIpc) is 2.10. The standard InChI is InChI=1S/C10H15NO3/c1-7-2-3-9(12)4-8(7)5-11-6-10(13)14/h2-4,10-14H,5-6H2,1H3. The zero-order chi connectivity index (χ0) is 10.6. The average molecular weight is 197 g/mol. The topological polar surface area (TPSA) is 72.7 Å². The molecule has 1 rings (SSSR count). The van der Waals surface area contributed by atoms with Crippen molar-refractivity contribution in [3.05, 3.63) is 29.3 Å². The zero-order valence-electron chi connectivity index (χ0n) is 8.07. The van der Waals surface area contributed by atoms with E-state index in [4.69, 9.17) is 10.2 Å². The van der Waals surface area contributed by atoms with Crippen molar-refractivity contribution < 1.29 is 15.3 Å². The van der Waals surface area contributed by atoms with Crippen molar-refractivity contribution in [2.75, 3.05) is 6.54 Å². The van der Waals surface area contributed by atoms with Crippen molar-refractivity contribution >= 4 is 0 Å². The van der Waals surface area contributed by atoms with Crippen LogP contribution >= 0.6 is 0 Å². The van der Waals surface area contributed by atoms with Gasteiger partial charge in [0.05, 0.1) is 0 Å². The van der Waals surface area contributed by atoms with Crippen LogP contribution in [0, 0.1) is 6.92 Å². The number of hydrogen-bond acceptors (Lipinski definition) is 4. The number of aromatic hydroxyl groups is 1. The lowest BCUT2D eigenvalue weighted by Crippen LogP contribution is -2.26. The maximum Gasteiger partial charge on any atom is 0.164 e. The molecule has 0 unspecified atom stereocenters. The Balaban J connectivity index is 2.53. The lowest BCUT2D eigenvalue weighted by Gasteiger charge is -2.09. The van der Waals surface area contributed by atoms with E-state index in [0.29, 0.717) is 6.54 Å². The first-order valence-electron chi connectivity index (χ1n) is 4.45. The van der Waals surface area contributed by atoms with E-state index in [9.17, 15) is 5.11 Å². The SMILES string of the molecule is Cc1ccc(O)cc1CNCC(O)O. The third-order valence-corrected chi connectivity index (χ3v) is 1.98. The van der Waals surface area contributed by atoms with Crippen LogP contribution in [-0.4, -0.2) is 28.2 Å². The monoisotopic (exact) mass is 197 g/mol. The van der Waals surface area contributed by atoms with Gasteiger partial charge in [0.1, 0.15) is 5.75 Å². The van der Waals surface area contributed by atoms with Crippen LogP contribution in [0.3, 0.4) is 0 Å². The summed E-state index contributed by atoms with van der Waals surface area (Å²) in [5.41, 5.74) is 2.01. The number of rotatable bonds is 4. The molecule has 0 aliphatic rings. The molecule has 1 aromatic rings. The van der Waals surface area contributed by atoms with Crippen LogP contribution in [-0.2, 0) is 6.54 Å². The zero-order valence-corrected chi connectivity index (χ0v) is 8.07. The van der Waals surface area contributed by atoms with Crippen molar-refractivity contribution in [1.29, 1.82) is 0 Å². The number of aliphatic hydroxyl groups excluding tert-OH is 1. The van der Waals surface area contributed by atoms with E-state index in [-0.39, 0.29) is 12.3 Å². The summed E-state index contributed by atoms with van der Waals surface area (Å²) in [5, 5.41) is 29.3. The molecule has 0 aliphatic carbocycles. The van der Waals surface area contributed by atoms with Crippen molar-refractivity contribution in [3.8, 4) is 5.75 Å². The van der Waals surface area contributed by atoms with Crippen LogP contribution in [0.4, 0.5) is 0 Å². The van der Waals surface area contributed by atoms with Gasteiger partial charge in [-0.1, -0.05) is 6.07 Å². The lowest BCUT2D eigenvalue weighted by atomic mass is 10.1. The minimum atomic E-state index is -1.34. The number of phenols is 1. The summed E-state index contributed by atoms with van der Waals surface area (Å²) in [5.74, 6) is 0.219. The fourth-order valence-corrected chi connectivity index (χ4v) is 1.18. The van der Waals surface area contributed by atoms with Gasteiger partial charge in [-0.25, -0.2) is 0 Å². The second-order valence-electron chi connectivity index (χ2n) is 3.22. The molecule has 1 aromatic carbocycles. The number of benzene rings is 1. The molecular formula is C10H15NO3. The summed E-state index contributed by atoms with van der Waals surface area (Å²) < 4.78 is 0. The minimum Gasteiger partial charge on any atom is -0.508 e. The Morgan fingerprint density at radius 1 is 1.36 bits per heavy atom. The van der Waals surface area contributed by atoms with Gasteiger partial charge in [-0.3, -0.25) is 0 Å². The predicted molar refractivity (Wildman–Crippen MR) is 52.8 cm³/mol. The molecule has 0 bridgehead atoms. The third kappa shape index (κ3) is 3.33. The Kier molecular flexibility index (Phi) is 3.88. The molecule has 4 nitrogen and oxygen atoms in total. The molecule has 0 spiro atoms. The van der Waals surface area contributed by atoms with Gasteiger partial charge in [-0.2, -0.15) is 0 Å². The Hall–Kier alpha value is -1.10. The summed E-state index contributed by atoms with van der Waals surface area (Å²) in [6, 6.07) is 5.10. The van der Waals surface area contributed by atoms with Gasteiger partial charge < -0.3 is 20.6 Å². The number of nitrogens with one attached hydrogen (secondary N) is 1. The van der Waals surface area contributed by atoms with E-state index < -0.39 is 6.29 Å². The number of aliphatic hydroxyl groups is 2. The van der Waals surface area contributed by atoms with Crippen molar-refractivity contribution in [1.82, 2.24) is 5.32 Å². The van der Waals surface area contributed by atoms with Crippen LogP contribution in [0.25, 0.3) is 0 Å². The maximum atomic E-state index is 9.22. The van der Waals surface area contributed by atoms with Gasteiger partial charge in [0.15, 0.2) is 6.29 Å². The second-order valence-corrected chi connectivity index (χ2v) is 3.22. The van der Waals surface area contributed by atoms with Crippen molar-refractivity contribution in [2.24, 2.45) is 0 Å². The fraction of sp³-hybridized carbons (Fsp3) is 0.400. The largest absolute Gasteiger partial charge is 0.508 e. The van der Waals surface area contributed by atoms with E-state index in [0.717, 1.165) is 11.1 Å². The van der Waals surface area contributed by atoms with Crippen LogP contribution in [0.2, 0.25) is 0 Å². The van der Waals surface area contributed by atoms with Gasteiger partial charge >= 0.3 is 0 Å². The maximum absolute atomic E-state index is 9.22. The summed E-state index contributed by atoms with van der Waals surface area (Å²) in [6.07, 6.45) is -1.34. The first kappa shape index (κ1) is 11.0. The highest BCUT2D eigenvalue weighted by atomic mass is 16.5. The summed E-state index contributed by atoms with van der Waals surface area (Å²) >= 11 is 0. The molecule has 0 saturated carbocycles. The summed E-state index contributed by atoms with van der Waals surface area (Å²) in [7, 11) is 0. The number of hydrogen-bond donors (Lipinski definition) is 4. The highest BCUT2D eigenvalue weighted by Gasteiger charge is 2.01. The third-order valence-electron chi connectivity index (χ3n) is 1.98. The van der Waals surface area contributed by atoms with Crippen LogP contribution in [0.5, 0.6) is 5.75 Å². The molecule has 0 atom stereocenters. The Morgan fingerprint density at radius 3 is 2.71 bits per heavy atom. The van der Waals surface area contributed by atoms with Gasteiger partial charge in [0, 0.05) is 13.1 Å². The molecule has 78 valence electrons. The van der Waals surface area contributed by atoms with E-state index >= 15 is 0 Å². The predicted octanol–water partition coefficient (Wildman–Crippen LogP) is 0.101. The molecule has 0 amide bonds. The van der Waals surface area contributed by atoms with Crippen LogP contribution in [0.15, 0.2) is 18.2 Å². The first-order valence-corrected chi connectivity index (χ1v) is 4.45. The fourth-order valence-electron chi connectivity index (χ4n) is 1.18.